The molecule has 22 heavy (non-hydrogen) atoms. The first-order valence-corrected chi connectivity index (χ1v) is 8.78. The van der Waals surface area contributed by atoms with Crippen LogP contribution < -0.4 is 0 Å². The van der Waals surface area contributed by atoms with Crippen molar-refractivity contribution in [2.75, 3.05) is 18.8 Å². The van der Waals surface area contributed by atoms with Crippen LogP contribution in [0.25, 0.3) is 0 Å². The molecule has 1 fully saturated rings. The van der Waals surface area contributed by atoms with Crippen molar-refractivity contribution in [1.29, 1.82) is 0 Å². The number of amides is 1. The number of nitrogens with zero attached hydrogens (tertiary/aromatic N) is 2. The lowest BCUT2D eigenvalue weighted by atomic mass is 9.93. The van der Waals surface area contributed by atoms with Gasteiger partial charge in [-0.1, -0.05) is 6.07 Å². The van der Waals surface area contributed by atoms with E-state index >= 15 is 0 Å². The summed E-state index contributed by atoms with van der Waals surface area (Å²) in [6, 6.07) is 5.78. The van der Waals surface area contributed by atoms with E-state index in [0.717, 1.165) is 30.8 Å². The van der Waals surface area contributed by atoms with Gasteiger partial charge in [0.2, 0.25) is 5.91 Å². The SMILES string of the molecule is O=C(O)CCC1CCCN(C(=O)CSCc2ccccn2)C1. The number of aromatic nitrogens is 1. The third-order valence-electron chi connectivity index (χ3n) is 3.84. The van der Waals surface area contributed by atoms with E-state index in [0.29, 0.717) is 24.6 Å². The minimum Gasteiger partial charge on any atom is -0.481 e. The summed E-state index contributed by atoms with van der Waals surface area (Å²) in [5.74, 6) is 0.926. The molecule has 1 aliphatic heterocycles. The number of carbonyl (C=O) groups excluding carboxylic acids is 1. The second kappa shape index (κ2) is 8.78. The monoisotopic (exact) mass is 322 g/mol. The molecule has 0 bridgehead atoms. The Balaban J connectivity index is 1.71. The maximum atomic E-state index is 12.2. The van der Waals surface area contributed by atoms with Crippen LogP contribution in [0.3, 0.4) is 0 Å². The van der Waals surface area contributed by atoms with Gasteiger partial charge in [0.05, 0.1) is 11.4 Å². The van der Waals surface area contributed by atoms with Gasteiger partial charge in [-0.15, -0.1) is 11.8 Å². The fraction of sp³-hybridized carbons (Fsp3) is 0.562. The van der Waals surface area contributed by atoms with Gasteiger partial charge in [0.25, 0.3) is 0 Å². The lowest BCUT2D eigenvalue weighted by Crippen LogP contribution is -2.41. The Labute approximate surface area is 135 Å². The summed E-state index contributed by atoms with van der Waals surface area (Å²) in [6.45, 7) is 1.50. The Hall–Kier alpha value is -1.56. The number of carboxylic acids is 1. The Morgan fingerprint density at radius 3 is 3.00 bits per heavy atom. The van der Waals surface area contributed by atoms with E-state index < -0.39 is 5.97 Å². The van der Waals surface area contributed by atoms with E-state index in [1.54, 1.807) is 18.0 Å². The highest BCUT2D eigenvalue weighted by molar-refractivity contribution is 7.99. The molecule has 1 atom stereocenters. The zero-order chi connectivity index (χ0) is 15.8. The molecule has 0 radical (unpaired) electrons. The molecule has 1 aromatic heterocycles. The molecule has 1 N–H and O–H groups in total. The van der Waals surface area contributed by atoms with Crippen LogP contribution in [0.4, 0.5) is 0 Å². The van der Waals surface area contributed by atoms with Crippen LogP contribution in [0.5, 0.6) is 0 Å². The number of likely N-dealkylation sites (tertiary alicyclic amines) is 1. The number of hydrogen-bond donors (Lipinski definition) is 1. The largest absolute Gasteiger partial charge is 0.481 e. The summed E-state index contributed by atoms with van der Waals surface area (Å²) in [7, 11) is 0. The highest BCUT2D eigenvalue weighted by atomic mass is 32.2. The van der Waals surface area contributed by atoms with Gasteiger partial charge in [0.15, 0.2) is 0 Å². The van der Waals surface area contributed by atoms with Gasteiger partial charge in [-0.25, -0.2) is 0 Å². The van der Waals surface area contributed by atoms with Gasteiger partial charge in [0.1, 0.15) is 0 Å². The van der Waals surface area contributed by atoms with E-state index in [9.17, 15) is 9.59 Å². The third kappa shape index (κ3) is 5.67. The van der Waals surface area contributed by atoms with Gasteiger partial charge in [0, 0.05) is 31.5 Å². The van der Waals surface area contributed by atoms with E-state index in [-0.39, 0.29) is 12.3 Å². The summed E-state index contributed by atoms with van der Waals surface area (Å²) in [5, 5.41) is 8.75. The summed E-state index contributed by atoms with van der Waals surface area (Å²) >= 11 is 1.58. The van der Waals surface area contributed by atoms with Crippen LogP contribution in [0, 0.1) is 5.92 Å². The number of carboxylic acid groups (broad SMARTS) is 1. The molecule has 0 aromatic carbocycles. The average Bonchev–Trinajstić information content (AvgIpc) is 2.54. The number of aliphatic carboxylic acids is 1. The summed E-state index contributed by atoms with van der Waals surface area (Å²) in [5.41, 5.74) is 0.985. The number of rotatable bonds is 7. The van der Waals surface area contributed by atoms with Gasteiger partial charge in [-0.05, 0) is 37.3 Å². The van der Waals surface area contributed by atoms with Crippen LogP contribution in [-0.4, -0.2) is 45.7 Å². The number of hydrogen-bond acceptors (Lipinski definition) is 4. The zero-order valence-electron chi connectivity index (χ0n) is 12.6. The summed E-state index contributed by atoms with van der Waals surface area (Å²) in [6.07, 6.45) is 4.62. The lowest BCUT2D eigenvalue weighted by Gasteiger charge is -2.32. The molecular weight excluding hydrogens is 300 g/mol. The van der Waals surface area contributed by atoms with Crippen molar-refractivity contribution in [3.05, 3.63) is 30.1 Å². The van der Waals surface area contributed by atoms with E-state index in [1.165, 1.54) is 0 Å². The van der Waals surface area contributed by atoms with Crippen molar-refractivity contribution < 1.29 is 14.7 Å². The summed E-state index contributed by atoms with van der Waals surface area (Å²) in [4.78, 5) is 29.0. The smallest absolute Gasteiger partial charge is 0.303 e. The fourth-order valence-corrected chi connectivity index (χ4v) is 3.51. The first-order valence-electron chi connectivity index (χ1n) is 7.62. The van der Waals surface area contributed by atoms with Crippen molar-refractivity contribution in [3.8, 4) is 0 Å². The van der Waals surface area contributed by atoms with Crippen molar-refractivity contribution in [3.63, 3.8) is 0 Å². The molecule has 0 spiro atoms. The van der Waals surface area contributed by atoms with Crippen molar-refractivity contribution in [2.24, 2.45) is 5.92 Å². The predicted molar refractivity (Wildman–Crippen MR) is 86.6 cm³/mol. The van der Waals surface area contributed by atoms with Gasteiger partial charge in [-0.3, -0.25) is 14.6 Å². The molecule has 2 heterocycles. The maximum absolute atomic E-state index is 12.2. The van der Waals surface area contributed by atoms with Gasteiger partial charge < -0.3 is 10.0 Å². The molecule has 6 heteroatoms. The van der Waals surface area contributed by atoms with Crippen LogP contribution in [-0.2, 0) is 15.3 Å². The molecule has 1 aliphatic rings. The second-order valence-electron chi connectivity index (χ2n) is 5.59. The average molecular weight is 322 g/mol. The topological polar surface area (TPSA) is 70.5 Å². The fourth-order valence-electron chi connectivity index (χ4n) is 2.67. The number of piperidine rings is 1. The minimum absolute atomic E-state index is 0.154. The standard InChI is InChI=1S/C16H22N2O3S/c19-15(12-22-11-14-5-1-2-8-17-14)18-9-3-4-13(10-18)6-7-16(20)21/h1-2,5,8,13H,3-4,6-7,9-12H2,(H,20,21). The number of pyridine rings is 1. The first kappa shape index (κ1) is 16.8. The Morgan fingerprint density at radius 1 is 1.41 bits per heavy atom. The van der Waals surface area contributed by atoms with Crippen LogP contribution in [0.15, 0.2) is 24.4 Å². The number of thioether (sulfide) groups is 1. The quantitative estimate of drug-likeness (QED) is 0.835. The van der Waals surface area contributed by atoms with Crippen molar-refractivity contribution >= 4 is 23.6 Å². The Kier molecular flexibility index (Phi) is 6.71. The normalized spacial score (nSPS) is 18.2. The minimum atomic E-state index is -0.755. The van der Waals surface area contributed by atoms with E-state index in [1.807, 2.05) is 23.1 Å². The second-order valence-corrected chi connectivity index (χ2v) is 6.58. The molecule has 1 aromatic rings. The third-order valence-corrected chi connectivity index (χ3v) is 4.79. The molecule has 1 saturated heterocycles. The van der Waals surface area contributed by atoms with E-state index in [2.05, 4.69) is 4.98 Å². The predicted octanol–water partition coefficient (Wildman–Crippen LogP) is 2.42. The maximum Gasteiger partial charge on any atom is 0.303 e. The van der Waals surface area contributed by atoms with Crippen LogP contribution in [0.2, 0.25) is 0 Å². The van der Waals surface area contributed by atoms with Crippen LogP contribution in [0.1, 0.15) is 31.4 Å². The summed E-state index contributed by atoms with van der Waals surface area (Å²) < 4.78 is 0. The lowest BCUT2D eigenvalue weighted by molar-refractivity contribution is -0.137. The van der Waals surface area contributed by atoms with Crippen molar-refractivity contribution in [2.45, 2.75) is 31.4 Å². The molecule has 2 rings (SSSR count). The van der Waals surface area contributed by atoms with Crippen molar-refractivity contribution in [1.82, 2.24) is 9.88 Å². The first-order chi connectivity index (χ1) is 10.6. The molecule has 1 amide bonds. The molecule has 0 saturated carbocycles. The number of carbonyl (C=O) groups is 2. The Morgan fingerprint density at radius 2 is 2.27 bits per heavy atom. The molecule has 0 aliphatic carbocycles. The van der Waals surface area contributed by atoms with Gasteiger partial charge >= 0.3 is 5.97 Å². The molecule has 120 valence electrons. The van der Waals surface area contributed by atoms with Crippen LogP contribution >= 0.6 is 11.8 Å². The highest BCUT2D eigenvalue weighted by Crippen LogP contribution is 2.22. The van der Waals surface area contributed by atoms with E-state index in [4.69, 9.17) is 5.11 Å². The zero-order valence-corrected chi connectivity index (χ0v) is 13.4. The molecular formula is C16H22N2O3S. The molecule has 1 unspecified atom stereocenters. The molecule has 5 nitrogen and oxygen atoms in total. The Bertz CT molecular complexity index is 495. The highest BCUT2D eigenvalue weighted by Gasteiger charge is 2.23. The van der Waals surface area contributed by atoms with Gasteiger partial charge in [-0.2, -0.15) is 0 Å².